The normalized spacial score (nSPS) is 19.1. The Morgan fingerprint density at radius 1 is 0.889 bits per heavy atom. The van der Waals surface area contributed by atoms with Crippen LogP contribution < -0.4 is 32.3 Å². The summed E-state index contributed by atoms with van der Waals surface area (Å²) in [5.41, 5.74) is 6.29. The van der Waals surface area contributed by atoms with E-state index in [1.54, 1.807) is 0 Å². The number of nitrogens with two attached hydrogens (primary N) is 1. The molecule has 0 spiro atoms. The van der Waals surface area contributed by atoms with Crippen LogP contribution in [0.15, 0.2) is 30.3 Å². The van der Waals surface area contributed by atoms with E-state index in [-0.39, 0.29) is 37.4 Å². The Morgan fingerprint density at radius 2 is 1.53 bits per heavy atom. The predicted octanol–water partition coefficient (Wildman–Crippen LogP) is -0.0335. The molecular formula is C26H42N6O4. The molecule has 36 heavy (non-hydrogen) atoms. The van der Waals surface area contributed by atoms with E-state index in [0.29, 0.717) is 12.5 Å². The molecule has 10 nitrogen and oxygen atoms in total. The summed E-state index contributed by atoms with van der Waals surface area (Å²) < 4.78 is 0. The van der Waals surface area contributed by atoms with E-state index in [4.69, 9.17) is 5.73 Å². The van der Waals surface area contributed by atoms with Gasteiger partial charge >= 0.3 is 0 Å². The maximum Gasteiger partial charge on any atom is 0.243 e. The SMILES string of the molecule is CN[C@H]1CC[C@H](NC(=O)CNC(=O)[C@H](CC(C)C)NC(=O)[C@H](Cc2ccccc2)NC(=O)CN)CC1. The number of hydrogen-bond acceptors (Lipinski definition) is 6. The van der Waals surface area contributed by atoms with E-state index in [1.807, 2.05) is 51.2 Å². The van der Waals surface area contributed by atoms with Gasteiger partial charge in [-0.25, -0.2) is 0 Å². The van der Waals surface area contributed by atoms with Crippen molar-refractivity contribution < 1.29 is 19.2 Å². The first-order valence-electron chi connectivity index (χ1n) is 12.8. The first-order chi connectivity index (χ1) is 17.2. The summed E-state index contributed by atoms with van der Waals surface area (Å²) in [4.78, 5) is 50.4. The van der Waals surface area contributed by atoms with Crippen LogP contribution >= 0.6 is 0 Å². The van der Waals surface area contributed by atoms with Gasteiger partial charge in [-0.1, -0.05) is 44.2 Å². The molecule has 4 amide bonds. The second-order valence-electron chi connectivity index (χ2n) is 9.83. The Hall–Kier alpha value is -2.98. The number of nitrogens with one attached hydrogen (secondary N) is 5. The summed E-state index contributed by atoms with van der Waals surface area (Å²) in [6.07, 6.45) is 4.44. The Bertz CT molecular complexity index is 855. The zero-order valence-electron chi connectivity index (χ0n) is 21.6. The van der Waals surface area contributed by atoms with Crippen LogP contribution in [0.3, 0.4) is 0 Å². The van der Waals surface area contributed by atoms with Crippen LogP contribution in [0.4, 0.5) is 0 Å². The van der Waals surface area contributed by atoms with Crippen molar-refractivity contribution in [1.82, 2.24) is 26.6 Å². The fourth-order valence-electron chi connectivity index (χ4n) is 4.38. The average Bonchev–Trinajstić information content (AvgIpc) is 2.87. The number of rotatable bonds is 13. The summed E-state index contributed by atoms with van der Waals surface area (Å²) in [6.45, 7) is 3.48. The van der Waals surface area contributed by atoms with Crippen LogP contribution in [0.2, 0.25) is 0 Å². The molecule has 1 aromatic carbocycles. The third kappa shape index (κ3) is 10.3. The molecule has 1 aliphatic rings. The van der Waals surface area contributed by atoms with Crippen molar-refractivity contribution >= 4 is 23.6 Å². The van der Waals surface area contributed by atoms with Gasteiger partial charge in [0.05, 0.1) is 13.1 Å². The van der Waals surface area contributed by atoms with Gasteiger partial charge in [-0.3, -0.25) is 19.2 Å². The van der Waals surface area contributed by atoms with E-state index in [9.17, 15) is 19.2 Å². The van der Waals surface area contributed by atoms with Crippen LogP contribution in [0, 0.1) is 5.92 Å². The van der Waals surface area contributed by atoms with Crippen molar-refractivity contribution in [3.63, 3.8) is 0 Å². The maximum atomic E-state index is 13.1. The molecule has 0 aliphatic heterocycles. The predicted molar refractivity (Wildman–Crippen MR) is 139 cm³/mol. The van der Waals surface area contributed by atoms with Crippen LogP contribution in [-0.4, -0.2) is 67.9 Å². The van der Waals surface area contributed by atoms with Crippen LogP contribution in [0.5, 0.6) is 0 Å². The van der Waals surface area contributed by atoms with Gasteiger partial charge in [-0.15, -0.1) is 0 Å². The van der Waals surface area contributed by atoms with Crippen LogP contribution in [0.25, 0.3) is 0 Å². The molecule has 2 rings (SSSR count). The van der Waals surface area contributed by atoms with Gasteiger partial charge in [-0.2, -0.15) is 0 Å². The lowest BCUT2D eigenvalue weighted by atomic mass is 9.91. The van der Waals surface area contributed by atoms with E-state index >= 15 is 0 Å². The second-order valence-corrected chi connectivity index (χ2v) is 9.83. The molecule has 0 unspecified atom stereocenters. The molecule has 7 N–H and O–H groups in total. The fourth-order valence-corrected chi connectivity index (χ4v) is 4.38. The smallest absolute Gasteiger partial charge is 0.243 e. The standard InChI is InChI=1S/C26H42N6O4/c1-17(2)13-21(25(35)29-16-24(34)30-20-11-9-19(28-3)10-12-20)32-26(36)22(31-23(33)15-27)14-18-7-5-4-6-8-18/h4-8,17,19-22,28H,9-16,27H2,1-3H3,(H,29,35)(H,30,34)(H,31,33)(H,32,36)/t19-,20-,21-,22-/m0/s1. The highest BCUT2D eigenvalue weighted by Crippen LogP contribution is 2.18. The van der Waals surface area contributed by atoms with Crippen molar-refractivity contribution in [3.8, 4) is 0 Å². The maximum absolute atomic E-state index is 13.1. The largest absolute Gasteiger partial charge is 0.352 e. The van der Waals surface area contributed by atoms with Gasteiger partial charge < -0.3 is 32.3 Å². The molecule has 1 aromatic rings. The van der Waals surface area contributed by atoms with E-state index in [1.165, 1.54) is 0 Å². The zero-order valence-corrected chi connectivity index (χ0v) is 21.6. The summed E-state index contributed by atoms with van der Waals surface area (Å²) in [5.74, 6) is -1.51. The molecule has 10 heteroatoms. The molecular weight excluding hydrogens is 460 g/mol. The van der Waals surface area contributed by atoms with Gasteiger partial charge in [0, 0.05) is 18.5 Å². The van der Waals surface area contributed by atoms with Gasteiger partial charge in [-0.05, 0) is 50.6 Å². The molecule has 1 fully saturated rings. The van der Waals surface area contributed by atoms with Crippen molar-refractivity contribution in [2.75, 3.05) is 20.1 Å². The van der Waals surface area contributed by atoms with Crippen molar-refractivity contribution in [1.29, 1.82) is 0 Å². The first kappa shape index (κ1) is 29.3. The zero-order chi connectivity index (χ0) is 26.5. The fraction of sp³-hybridized carbons (Fsp3) is 0.615. The lowest BCUT2D eigenvalue weighted by Crippen LogP contribution is -2.56. The molecule has 2 atom stereocenters. The third-order valence-electron chi connectivity index (χ3n) is 6.38. The number of carbonyl (C=O) groups excluding carboxylic acids is 4. The summed E-state index contributed by atoms with van der Waals surface area (Å²) in [6, 6.07) is 8.14. The molecule has 0 aromatic heterocycles. The molecule has 1 aliphatic carbocycles. The molecule has 1 saturated carbocycles. The van der Waals surface area contributed by atoms with E-state index < -0.39 is 29.8 Å². The second kappa shape index (κ2) is 15.2. The molecule has 0 heterocycles. The molecule has 0 radical (unpaired) electrons. The quantitative estimate of drug-likeness (QED) is 0.223. The minimum absolute atomic E-state index is 0.107. The Kier molecular flexibility index (Phi) is 12.4. The summed E-state index contributed by atoms with van der Waals surface area (Å²) in [5, 5.41) is 14.3. The van der Waals surface area contributed by atoms with E-state index in [0.717, 1.165) is 31.2 Å². The first-order valence-corrected chi connectivity index (χ1v) is 12.8. The molecule has 200 valence electrons. The average molecular weight is 503 g/mol. The highest BCUT2D eigenvalue weighted by molar-refractivity contribution is 5.93. The van der Waals surface area contributed by atoms with Crippen molar-refractivity contribution in [3.05, 3.63) is 35.9 Å². The minimum Gasteiger partial charge on any atom is -0.352 e. The topological polar surface area (TPSA) is 154 Å². The van der Waals surface area contributed by atoms with Gasteiger partial charge in [0.1, 0.15) is 12.1 Å². The minimum atomic E-state index is -0.887. The van der Waals surface area contributed by atoms with Crippen LogP contribution in [-0.2, 0) is 25.6 Å². The van der Waals surface area contributed by atoms with Crippen molar-refractivity contribution in [2.45, 2.75) is 76.5 Å². The van der Waals surface area contributed by atoms with Gasteiger partial charge in [0.15, 0.2) is 0 Å². The number of benzene rings is 1. The number of amides is 4. The summed E-state index contributed by atoms with van der Waals surface area (Å²) >= 11 is 0. The van der Waals surface area contributed by atoms with Gasteiger partial charge in [0.2, 0.25) is 23.6 Å². The monoisotopic (exact) mass is 502 g/mol. The lowest BCUT2D eigenvalue weighted by molar-refractivity contribution is -0.132. The van der Waals surface area contributed by atoms with E-state index in [2.05, 4.69) is 26.6 Å². The molecule has 0 bridgehead atoms. The summed E-state index contributed by atoms with van der Waals surface area (Å²) in [7, 11) is 1.95. The molecule has 0 saturated heterocycles. The Labute approximate surface area is 213 Å². The van der Waals surface area contributed by atoms with Crippen molar-refractivity contribution in [2.24, 2.45) is 11.7 Å². The lowest BCUT2D eigenvalue weighted by Gasteiger charge is -2.29. The number of carbonyl (C=O) groups is 4. The Morgan fingerprint density at radius 3 is 2.11 bits per heavy atom. The van der Waals surface area contributed by atoms with Gasteiger partial charge in [0.25, 0.3) is 0 Å². The highest BCUT2D eigenvalue weighted by atomic mass is 16.2. The Balaban J connectivity index is 1.95. The number of hydrogen-bond donors (Lipinski definition) is 6. The third-order valence-corrected chi connectivity index (χ3v) is 6.38. The highest BCUT2D eigenvalue weighted by Gasteiger charge is 2.28. The van der Waals surface area contributed by atoms with Crippen LogP contribution in [0.1, 0.15) is 51.5 Å².